The largest absolute Gasteiger partial charge is 0.348 e. The smallest absolute Gasteiger partial charge is 0.230 e. The molecule has 1 saturated heterocycles. The number of carbonyl (C=O) groups excluding carboxylic acids is 2. The average molecular weight is 409 g/mol. The van der Waals surface area contributed by atoms with Gasteiger partial charge in [0.15, 0.2) is 0 Å². The summed E-state index contributed by atoms with van der Waals surface area (Å²) in [6.07, 6.45) is 4.14. The van der Waals surface area contributed by atoms with Crippen LogP contribution < -0.4 is 0 Å². The summed E-state index contributed by atoms with van der Waals surface area (Å²) < 4.78 is 14.1. The molecule has 0 radical (unpaired) electrons. The Kier molecular flexibility index (Phi) is 5.63. The Morgan fingerprint density at radius 3 is 2.43 bits per heavy atom. The van der Waals surface area contributed by atoms with Crippen LogP contribution in [0.4, 0.5) is 4.39 Å². The Morgan fingerprint density at radius 1 is 1.10 bits per heavy atom. The molecular formula is C25H29FN2O2. The van der Waals surface area contributed by atoms with E-state index in [2.05, 4.69) is 0 Å². The quantitative estimate of drug-likeness (QED) is 0.746. The highest BCUT2D eigenvalue weighted by atomic mass is 19.1. The van der Waals surface area contributed by atoms with Crippen molar-refractivity contribution < 1.29 is 14.0 Å². The van der Waals surface area contributed by atoms with Gasteiger partial charge in [0.25, 0.3) is 0 Å². The van der Waals surface area contributed by atoms with Crippen LogP contribution in [0.15, 0.2) is 48.5 Å². The molecule has 4 rings (SSSR count). The van der Waals surface area contributed by atoms with Crippen LogP contribution in [0, 0.1) is 17.2 Å². The van der Waals surface area contributed by atoms with Crippen molar-refractivity contribution in [2.24, 2.45) is 11.3 Å². The van der Waals surface area contributed by atoms with Crippen LogP contribution >= 0.6 is 0 Å². The van der Waals surface area contributed by atoms with E-state index in [0.29, 0.717) is 18.5 Å². The van der Waals surface area contributed by atoms with E-state index in [-0.39, 0.29) is 23.5 Å². The van der Waals surface area contributed by atoms with Gasteiger partial charge in [-0.2, -0.15) is 0 Å². The van der Waals surface area contributed by atoms with Gasteiger partial charge in [-0.15, -0.1) is 0 Å². The minimum Gasteiger partial charge on any atom is -0.348 e. The second kappa shape index (κ2) is 8.21. The number of benzene rings is 2. The van der Waals surface area contributed by atoms with Crippen LogP contribution in [0.1, 0.15) is 31.2 Å². The number of carbonyl (C=O) groups is 2. The van der Waals surface area contributed by atoms with E-state index in [0.717, 1.165) is 43.4 Å². The first kappa shape index (κ1) is 20.6. The monoisotopic (exact) mass is 408 g/mol. The van der Waals surface area contributed by atoms with Crippen molar-refractivity contribution in [3.63, 3.8) is 0 Å². The fourth-order valence-corrected chi connectivity index (χ4v) is 4.67. The minimum atomic E-state index is -0.605. The van der Waals surface area contributed by atoms with Gasteiger partial charge in [-0.25, -0.2) is 4.39 Å². The Hall–Kier alpha value is -2.69. The van der Waals surface area contributed by atoms with Gasteiger partial charge in [-0.05, 0) is 49.3 Å². The molecule has 1 aliphatic carbocycles. The highest BCUT2D eigenvalue weighted by molar-refractivity contribution is 5.86. The second-order valence-corrected chi connectivity index (χ2v) is 8.97. The molecule has 2 amide bonds. The summed E-state index contributed by atoms with van der Waals surface area (Å²) in [5.74, 6) is 0.204. The molecular weight excluding hydrogens is 379 g/mol. The van der Waals surface area contributed by atoms with Crippen molar-refractivity contribution in [1.29, 1.82) is 0 Å². The Labute approximate surface area is 177 Å². The molecule has 2 aromatic carbocycles. The maximum atomic E-state index is 14.1. The summed E-state index contributed by atoms with van der Waals surface area (Å²) in [4.78, 5) is 29.5. The molecule has 1 unspecified atom stereocenters. The predicted molar refractivity (Wildman–Crippen MR) is 115 cm³/mol. The van der Waals surface area contributed by atoms with Crippen LogP contribution in [0.2, 0.25) is 0 Å². The molecule has 0 bridgehead atoms. The van der Waals surface area contributed by atoms with Crippen molar-refractivity contribution in [3.05, 3.63) is 59.9 Å². The van der Waals surface area contributed by atoms with Crippen molar-refractivity contribution in [3.8, 4) is 11.1 Å². The molecule has 0 N–H and O–H groups in total. The predicted octanol–water partition coefficient (Wildman–Crippen LogP) is 4.14. The van der Waals surface area contributed by atoms with E-state index >= 15 is 0 Å². The van der Waals surface area contributed by atoms with Crippen LogP contribution in [0.5, 0.6) is 0 Å². The van der Waals surface area contributed by atoms with Gasteiger partial charge in [-0.1, -0.05) is 42.5 Å². The third-order valence-corrected chi connectivity index (χ3v) is 6.36. The molecule has 1 atom stereocenters. The SMILES string of the molecule is CN(C)C(=O)C1(Cc2ccc(-c3ccccc3F)cc2)CCCN(C(=O)C2CC2)C1. The fourth-order valence-electron chi connectivity index (χ4n) is 4.67. The van der Waals surface area contributed by atoms with Gasteiger partial charge in [-0.3, -0.25) is 9.59 Å². The van der Waals surface area contributed by atoms with Gasteiger partial charge < -0.3 is 9.80 Å². The highest BCUT2D eigenvalue weighted by Crippen LogP contribution is 2.39. The molecule has 4 nitrogen and oxygen atoms in total. The summed E-state index contributed by atoms with van der Waals surface area (Å²) in [6.45, 7) is 1.22. The molecule has 2 aromatic rings. The van der Waals surface area contributed by atoms with Crippen LogP contribution in [-0.2, 0) is 16.0 Å². The van der Waals surface area contributed by atoms with Crippen LogP contribution in [0.3, 0.4) is 0 Å². The summed E-state index contributed by atoms with van der Waals surface area (Å²) >= 11 is 0. The number of piperidine rings is 1. The molecule has 5 heteroatoms. The lowest BCUT2D eigenvalue weighted by atomic mass is 9.73. The molecule has 2 aliphatic rings. The summed E-state index contributed by atoms with van der Waals surface area (Å²) in [5.41, 5.74) is 1.82. The molecule has 30 heavy (non-hydrogen) atoms. The Morgan fingerprint density at radius 2 is 1.80 bits per heavy atom. The normalized spacial score (nSPS) is 21.4. The molecule has 0 spiro atoms. The number of nitrogens with zero attached hydrogens (tertiary/aromatic N) is 2. The number of halogens is 1. The van der Waals surface area contributed by atoms with E-state index in [1.165, 1.54) is 6.07 Å². The topological polar surface area (TPSA) is 40.6 Å². The third kappa shape index (κ3) is 4.11. The summed E-state index contributed by atoms with van der Waals surface area (Å²) in [7, 11) is 3.57. The molecule has 1 saturated carbocycles. The van der Waals surface area contributed by atoms with Crippen molar-refractivity contribution >= 4 is 11.8 Å². The molecule has 1 aliphatic heterocycles. The van der Waals surface area contributed by atoms with Crippen molar-refractivity contribution in [1.82, 2.24) is 9.80 Å². The van der Waals surface area contributed by atoms with Gasteiger partial charge in [0.05, 0.1) is 5.41 Å². The molecule has 0 aromatic heterocycles. The van der Waals surface area contributed by atoms with E-state index < -0.39 is 5.41 Å². The standard InChI is InChI=1S/C25H29FN2O2/c1-27(2)24(30)25(14-5-15-28(17-25)23(29)20-12-13-20)16-18-8-10-19(11-9-18)21-6-3-4-7-22(21)26/h3-4,6-11,20H,5,12-17H2,1-2H3. The molecule has 2 fully saturated rings. The Balaban J connectivity index is 1.58. The number of rotatable bonds is 5. The first-order valence-electron chi connectivity index (χ1n) is 10.7. The highest BCUT2D eigenvalue weighted by Gasteiger charge is 2.46. The summed E-state index contributed by atoms with van der Waals surface area (Å²) in [6, 6.07) is 14.5. The zero-order valence-electron chi connectivity index (χ0n) is 17.7. The van der Waals surface area contributed by atoms with E-state index in [1.807, 2.05) is 35.2 Å². The third-order valence-electron chi connectivity index (χ3n) is 6.36. The lowest BCUT2D eigenvalue weighted by molar-refractivity contribution is -0.147. The zero-order chi connectivity index (χ0) is 21.3. The van der Waals surface area contributed by atoms with Crippen molar-refractivity contribution in [2.45, 2.75) is 32.1 Å². The van der Waals surface area contributed by atoms with Gasteiger partial charge in [0, 0.05) is 38.7 Å². The lowest BCUT2D eigenvalue weighted by Crippen LogP contribution is -2.54. The second-order valence-electron chi connectivity index (χ2n) is 8.97. The van der Waals surface area contributed by atoms with E-state index in [4.69, 9.17) is 0 Å². The maximum Gasteiger partial charge on any atom is 0.230 e. The number of likely N-dealkylation sites (tertiary alicyclic amines) is 1. The minimum absolute atomic E-state index is 0.0778. The van der Waals surface area contributed by atoms with Crippen LogP contribution in [-0.4, -0.2) is 48.8 Å². The maximum absolute atomic E-state index is 14.1. The van der Waals surface area contributed by atoms with E-state index in [1.54, 1.807) is 31.1 Å². The van der Waals surface area contributed by atoms with Crippen molar-refractivity contribution in [2.75, 3.05) is 27.2 Å². The molecule has 158 valence electrons. The average Bonchev–Trinajstić information content (AvgIpc) is 3.59. The fraction of sp³-hybridized carbons (Fsp3) is 0.440. The van der Waals surface area contributed by atoms with E-state index in [9.17, 15) is 14.0 Å². The van der Waals surface area contributed by atoms with Gasteiger partial charge in [0.2, 0.25) is 11.8 Å². The lowest BCUT2D eigenvalue weighted by Gasteiger charge is -2.43. The summed E-state index contributed by atoms with van der Waals surface area (Å²) in [5, 5.41) is 0. The first-order chi connectivity index (χ1) is 14.4. The van der Waals surface area contributed by atoms with Gasteiger partial charge in [0.1, 0.15) is 5.82 Å². The Bertz CT molecular complexity index is 936. The first-order valence-corrected chi connectivity index (χ1v) is 10.7. The number of amides is 2. The number of hydrogen-bond acceptors (Lipinski definition) is 2. The van der Waals surface area contributed by atoms with Gasteiger partial charge >= 0.3 is 0 Å². The molecule has 1 heterocycles. The number of hydrogen-bond donors (Lipinski definition) is 0. The van der Waals surface area contributed by atoms with Crippen LogP contribution in [0.25, 0.3) is 11.1 Å². The zero-order valence-corrected chi connectivity index (χ0v) is 17.7.